The highest BCUT2D eigenvalue weighted by Crippen LogP contribution is 2.24. The Labute approximate surface area is 82.2 Å². The minimum atomic E-state index is -2.74. The molecule has 0 radical (unpaired) electrons. The van der Waals surface area contributed by atoms with Crippen LogP contribution in [0.3, 0.4) is 0 Å². The number of rotatable bonds is 3. The number of alkyl halides is 2. The molecule has 0 aromatic carbocycles. The summed E-state index contributed by atoms with van der Waals surface area (Å²) in [4.78, 5) is 11.3. The lowest BCUT2D eigenvalue weighted by atomic mass is 10.1. The van der Waals surface area contributed by atoms with Gasteiger partial charge in [0.15, 0.2) is 0 Å². The predicted octanol–water partition coefficient (Wildman–Crippen LogP) is 0.756. The molecule has 1 saturated heterocycles. The number of carbonyl (C=O) groups is 1. The first-order valence-electron chi connectivity index (χ1n) is 4.79. The van der Waals surface area contributed by atoms with Crippen molar-refractivity contribution in [2.24, 2.45) is 5.92 Å². The third-order valence-electron chi connectivity index (χ3n) is 2.11. The van der Waals surface area contributed by atoms with Crippen LogP contribution in [0, 0.1) is 5.92 Å². The summed E-state index contributed by atoms with van der Waals surface area (Å²) in [6.45, 7) is 4.04. The van der Waals surface area contributed by atoms with Crippen molar-refractivity contribution in [1.29, 1.82) is 0 Å². The van der Waals surface area contributed by atoms with E-state index >= 15 is 0 Å². The van der Waals surface area contributed by atoms with E-state index in [1.807, 2.05) is 13.8 Å². The molecule has 14 heavy (non-hydrogen) atoms. The van der Waals surface area contributed by atoms with E-state index in [9.17, 15) is 13.6 Å². The van der Waals surface area contributed by atoms with Crippen LogP contribution in [0.1, 0.15) is 20.3 Å². The van der Waals surface area contributed by atoms with Crippen LogP contribution in [0.5, 0.6) is 0 Å². The average molecular weight is 206 g/mol. The van der Waals surface area contributed by atoms with Gasteiger partial charge in [0.1, 0.15) is 0 Å². The van der Waals surface area contributed by atoms with Crippen molar-refractivity contribution in [1.82, 2.24) is 10.6 Å². The molecule has 1 fully saturated rings. The Morgan fingerprint density at radius 1 is 1.64 bits per heavy atom. The summed E-state index contributed by atoms with van der Waals surface area (Å²) in [5.41, 5.74) is 0. The second kappa shape index (κ2) is 4.21. The molecule has 1 rings (SSSR count). The lowest BCUT2D eigenvalue weighted by molar-refractivity contribution is -0.123. The number of carbonyl (C=O) groups excluding carboxylic acids is 1. The van der Waals surface area contributed by atoms with Crippen LogP contribution in [0.15, 0.2) is 0 Å². The molecule has 1 atom stereocenters. The van der Waals surface area contributed by atoms with Gasteiger partial charge in [-0.3, -0.25) is 10.1 Å². The van der Waals surface area contributed by atoms with Gasteiger partial charge in [0.25, 0.3) is 5.92 Å². The zero-order valence-electron chi connectivity index (χ0n) is 8.44. The van der Waals surface area contributed by atoms with E-state index in [0.29, 0.717) is 12.5 Å². The van der Waals surface area contributed by atoms with E-state index in [2.05, 4.69) is 10.6 Å². The van der Waals surface area contributed by atoms with Crippen molar-refractivity contribution < 1.29 is 13.6 Å². The number of hydrogen-bond donors (Lipinski definition) is 2. The molecule has 0 bridgehead atoms. The molecule has 0 saturated carbocycles. The topological polar surface area (TPSA) is 41.1 Å². The minimum Gasteiger partial charge on any atom is -0.354 e. The summed E-state index contributed by atoms with van der Waals surface area (Å²) in [6, 6.07) is -0.733. The molecule has 0 aromatic heterocycles. The Morgan fingerprint density at radius 2 is 2.29 bits per heavy atom. The highest BCUT2D eigenvalue weighted by atomic mass is 19.3. The van der Waals surface area contributed by atoms with Crippen molar-refractivity contribution >= 4 is 5.91 Å². The Bertz CT molecular complexity index is 219. The SMILES string of the molecule is CC(C)CNC(=O)[C@H]1CC(F)(F)CN1. The maximum absolute atomic E-state index is 12.7. The van der Waals surface area contributed by atoms with E-state index in [0.717, 1.165) is 0 Å². The van der Waals surface area contributed by atoms with Gasteiger partial charge in [-0.05, 0) is 5.92 Å². The second-order valence-corrected chi connectivity index (χ2v) is 4.13. The minimum absolute atomic E-state index is 0.323. The van der Waals surface area contributed by atoms with Crippen molar-refractivity contribution in [2.75, 3.05) is 13.1 Å². The molecule has 5 heteroatoms. The van der Waals surface area contributed by atoms with Crippen molar-refractivity contribution in [3.63, 3.8) is 0 Å². The van der Waals surface area contributed by atoms with Gasteiger partial charge < -0.3 is 5.32 Å². The molecule has 2 N–H and O–H groups in total. The zero-order chi connectivity index (χ0) is 10.8. The van der Waals surface area contributed by atoms with Gasteiger partial charge in [-0.2, -0.15) is 0 Å². The Hall–Kier alpha value is -0.710. The molecule has 3 nitrogen and oxygen atoms in total. The van der Waals surface area contributed by atoms with Crippen LogP contribution >= 0.6 is 0 Å². The fourth-order valence-electron chi connectivity index (χ4n) is 1.33. The van der Waals surface area contributed by atoms with Crippen LogP contribution in [0.2, 0.25) is 0 Å². The van der Waals surface area contributed by atoms with E-state index in [4.69, 9.17) is 0 Å². The molecule has 0 unspecified atom stereocenters. The van der Waals surface area contributed by atoms with Crippen LogP contribution in [0.25, 0.3) is 0 Å². The lowest BCUT2D eigenvalue weighted by Crippen LogP contribution is -2.41. The van der Waals surface area contributed by atoms with Gasteiger partial charge in [0.05, 0.1) is 12.6 Å². The Kier molecular flexibility index (Phi) is 3.42. The molecule has 1 aliphatic rings. The van der Waals surface area contributed by atoms with Crippen molar-refractivity contribution in [3.05, 3.63) is 0 Å². The van der Waals surface area contributed by atoms with E-state index < -0.39 is 24.9 Å². The van der Waals surface area contributed by atoms with Gasteiger partial charge >= 0.3 is 0 Å². The summed E-state index contributed by atoms with van der Waals surface area (Å²) >= 11 is 0. The van der Waals surface area contributed by atoms with Crippen LogP contribution in [-0.2, 0) is 4.79 Å². The van der Waals surface area contributed by atoms with Crippen LogP contribution < -0.4 is 10.6 Å². The van der Waals surface area contributed by atoms with E-state index in [1.165, 1.54) is 0 Å². The normalized spacial score (nSPS) is 25.4. The summed E-state index contributed by atoms with van der Waals surface area (Å²) in [6.07, 6.45) is -0.392. The lowest BCUT2D eigenvalue weighted by Gasteiger charge is -2.12. The maximum Gasteiger partial charge on any atom is 0.262 e. The molecule has 82 valence electrons. The number of hydrogen-bond acceptors (Lipinski definition) is 2. The molecular formula is C9H16F2N2O. The number of amides is 1. The van der Waals surface area contributed by atoms with Gasteiger partial charge in [0, 0.05) is 13.0 Å². The molecular weight excluding hydrogens is 190 g/mol. The number of halogens is 2. The Balaban J connectivity index is 2.33. The molecule has 1 aliphatic heterocycles. The average Bonchev–Trinajstić information content (AvgIpc) is 2.41. The van der Waals surface area contributed by atoms with Crippen LogP contribution in [-0.4, -0.2) is 31.0 Å². The van der Waals surface area contributed by atoms with Crippen molar-refractivity contribution in [2.45, 2.75) is 32.2 Å². The quantitative estimate of drug-likeness (QED) is 0.715. The van der Waals surface area contributed by atoms with Crippen molar-refractivity contribution in [3.8, 4) is 0 Å². The summed E-state index contributed by atoms with van der Waals surface area (Å²) in [5.74, 6) is -2.73. The molecule has 0 spiro atoms. The summed E-state index contributed by atoms with van der Waals surface area (Å²) < 4.78 is 25.4. The fraction of sp³-hybridized carbons (Fsp3) is 0.889. The number of nitrogens with one attached hydrogen (secondary N) is 2. The third-order valence-corrected chi connectivity index (χ3v) is 2.11. The van der Waals surface area contributed by atoms with Gasteiger partial charge in [-0.1, -0.05) is 13.8 Å². The monoisotopic (exact) mass is 206 g/mol. The third kappa shape index (κ3) is 3.21. The first kappa shape index (κ1) is 11.4. The maximum atomic E-state index is 12.7. The predicted molar refractivity (Wildman–Crippen MR) is 49.2 cm³/mol. The molecule has 1 amide bonds. The van der Waals surface area contributed by atoms with Crippen LogP contribution in [0.4, 0.5) is 8.78 Å². The van der Waals surface area contributed by atoms with E-state index in [1.54, 1.807) is 0 Å². The Morgan fingerprint density at radius 3 is 2.71 bits per heavy atom. The summed E-state index contributed by atoms with van der Waals surface area (Å²) in [5, 5.41) is 5.14. The highest BCUT2D eigenvalue weighted by Gasteiger charge is 2.42. The smallest absolute Gasteiger partial charge is 0.262 e. The second-order valence-electron chi connectivity index (χ2n) is 4.13. The standard InChI is InChI=1S/C9H16F2N2O/c1-6(2)4-12-8(14)7-3-9(10,11)5-13-7/h6-7,13H,3-5H2,1-2H3,(H,12,14)/t7-/m1/s1. The molecule has 0 aromatic rings. The van der Waals surface area contributed by atoms with E-state index in [-0.39, 0.29) is 5.91 Å². The largest absolute Gasteiger partial charge is 0.354 e. The first-order chi connectivity index (χ1) is 6.41. The zero-order valence-corrected chi connectivity index (χ0v) is 8.44. The highest BCUT2D eigenvalue weighted by molar-refractivity contribution is 5.82. The van der Waals surface area contributed by atoms with Gasteiger partial charge in [-0.25, -0.2) is 8.78 Å². The fourth-order valence-corrected chi connectivity index (χ4v) is 1.33. The first-order valence-corrected chi connectivity index (χ1v) is 4.79. The van der Waals surface area contributed by atoms with Gasteiger partial charge in [0.2, 0.25) is 5.91 Å². The summed E-state index contributed by atoms with van der Waals surface area (Å²) in [7, 11) is 0. The molecule has 1 heterocycles. The molecule has 0 aliphatic carbocycles. The van der Waals surface area contributed by atoms with Gasteiger partial charge in [-0.15, -0.1) is 0 Å².